The lowest BCUT2D eigenvalue weighted by Gasteiger charge is -2.39. The van der Waals surface area contributed by atoms with Crippen molar-refractivity contribution in [2.24, 2.45) is 0 Å². The molecular formula is C22H19F2N3O4. The average molecular weight is 427 g/mol. The highest BCUT2D eigenvalue weighted by Gasteiger charge is 2.39. The molecule has 1 atom stereocenters. The largest absolute Gasteiger partial charge is 0.502 e. The van der Waals surface area contributed by atoms with Gasteiger partial charge in [0.15, 0.2) is 11.4 Å². The zero-order chi connectivity index (χ0) is 22.1. The third-order valence-electron chi connectivity index (χ3n) is 5.37. The number of amides is 1. The predicted octanol–water partition coefficient (Wildman–Crippen LogP) is 2.05. The minimum Gasteiger partial charge on any atom is -0.502 e. The number of rotatable bonds is 5. The molecule has 7 nitrogen and oxygen atoms in total. The number of β-amino-alcohol motifs (C(OH)–C–C–N with tert-alkyl or cyclic N) is 1. The van der Waals surface area contributed by atoms with Crippen LogP contribution >= 0.6 is 0 Å². The van der Waals surface area contributed by atoms with E-state index in [2.05, 4.69) is 5.10 Å². The van der Waals surface area contributed by atoms with E-state index < -0.39 is 40.7 Å². The van der Waals surface area contributed by atoms with Crippen molar-refractivity contribution >= 4 is 5.91 Å². The fourth-order valence-electron chi connectivity index (χ4n) is 4.04. The lowest BCUT2D eigenvalue weighted by Crippen LogP contribution is -2.48. The van der Waals surface area contributed by atoms with E-state index in [1.54, 1.807) is 12.1 Å². The van der Waals surface area contributed by atoms with Gasteiger partial charge in [-0.2, -0.15) is 5.10 Å². The topological polar surface area (TPSA) is 95.7 Å². The summed E-state index contributed by atoms with van der Waals surface area (Å²) in [5, 5.41) is 23.8. The number of aromatic nitrogens is 2. The van der Waals surface area contributed by atoms with Crippen molar-refractivity contribution in [3.63, 3.8) is 0 Å². The zero-order valence-corrected chi connectivity index (χ0v) is 16.3. The van der Waals surface area contributed by atoms with Crippen LogP contribution in [-0.4, -0.2) is 50.5 Å². The molecule has 0 saturated carbocycles. The van der Waals surface area contributed by atoms with Crippen molar-refractivity contribution in [3.8, 4) is 5.75 Å². The molecule has 0 spiro atoms. The molecule has 0 aliphatic carbocycles. The Morgan fingerprint density at radius 3 is 2.23 bits per heavy atom. The van der Waals surface area contributed by atoms with Crippen LogP contribution in [0.25, 0.3) is 0 Å². The molecule has 3 aromatic rings. The quantitative estimate of drug-likeness (QED) is 0.650. The van der Waals surface area contributed by atoms with Gasteiger partial charge in [-0.15, -0.1) is 0 Å². The molecule has 1 aliphatic rings. The van der Waals surface area contributed by atoms with Gasteiger partial charge in [-0.05, 0) is 35.4 Å². The van der Waals surface area contributed by atoms with Crippen LogP contribution in [0.4, 0.5) is 8.78 Å². The number of aliphatic hydroxyl groups is 1. The van der Waals surface area contributed by atoms with Gasteiger partial charge in [-0.1, -0.05) is 24.3 Å². The number of aliphatic hydroxyl groups excluding tert-OH is 1. The summed E-state index contributed by atoms with van der Waals surface area (Å²) < 4.78 is 29.4. The molecule has 0 bridgehead atoms. The predicted molar refractivity (Wildman–Crippen MR) is 107 cm³/mol. The lowest BCUT2D eigenvalue weighted by atomic mass is 9.83. The first-order valence-corrected chi connectivity index (χ1v) is 9.62. The third kappa shape index (κ3) is 3.79. The Kier molecular flexibility index (Phi) is 5.51. The molecule has 1 unspecified atom stereocenters. The second-order valence-corrected chi connectivity index (χ2v) is 7.28. The molecule has 0 fully saturated rings. The molecule has 160 valence electrons. The number of hydrogen-bond donors (Lipinski definition) is 2. The molecule has 0 radical (unpaired) electrons. The van der Waals surface area contributed by atoms with Crippen LogP contribution in [0, 0.1) is 11.6 Å². The van der Waals surface area contributed by atoms with Crippen molar-refractivity contribution < 1.29 is 23.8 Å². The van der Waals surface area contributed by atoms with Gasteiger partial charge in [0, 0.05) is 19.0 Å². The van der Waals surface area contributed by atoms with Crippen LogP contribution in [0.3, 0.4) is 0 Å². The summed E-state index contributed by atoms with van der Waals surface area (Å²) in [7, 11) is 0. The maximum atomic E-state index is 14.1. The minimum absolute atomic E-state index is 0.0411. The summed E-state index contributed by atoms with van der Waals surface area (Å²) in [5.41, 5.74) is -0.146. The fourth-order valence-corrected chi connectivity index (χ4v) is 4.04. The van der Waals surface area contributed by atoms with Crippen molar-refractivity contribution in [2.45, 2.75) is 12.0 Å². The Hall–Kier alpha value is -3.59. The first kappa shape index (κ1) is 20.7. The number of benzene rings is 2. The van der Waals surface area contributed by atoms with Gasteiger partial charge < -0.3 is 15.1 Å². The molecular weight excluding hydrogens is 408 g/mol. The maximum Gasteiger partial charge on any atom is 0.276 e. The van der Waals surface area contributed by atoms with Crippen LogP contribution in [0.2, 0.25) is 0 Å². The van der Waals surface area contributed by atoms with Gasteiger partial charge in [0.05, 0.1) is 18.8 Å². The second-order valence-electron chi connectivity index (χ2n) is 7.28. The Morgan fingerprint density at radius 2 is 1.68 bits per heavy atom. The van der Waals surface area contributed by atoms with E-state index in [4.69, 9.17) is 0 Å². The lowest BCUT2D eigenvalue weighted by molar-refractivity contribution is 0.0594. The maximum absolute atomic E-state index is 14.1. The van der Waals surface area contributed by atoms with Gasteiger partial charge in [-0.3, -0.25) is 14.3 Å². The van der Waals surface area contributed by atoms with Gasteiger partial charge in [0.1, 0.15) is 11.6 Å². The first-order valence-electron chi connectivity index (χ1n) is 9.62. The third-order valence-corrected chi connectivity index (χ3v) is 5.37. The highest BCUT2D eigenvalue weighted by atomic mass is 19.1. The van der Waals surface area contributed by atoms with Gasteiger partial charge in [0.2, 0.25) is 5.43 Å². The SMILES string of the molecule is O=C1c2c(O)c(=O)cnn2C(C(c2cccc(F)c2)c2cccc(F)c2)CN1CCO. The number of carbonyl (C=O) groups excluding carboxylic acids is 1. The smallest absolute Gasteiger partial charge is 0.276 e. The van der Waals surface area contributed by atoms with E-state index in [1.165, 1.54) is 46.0 Å². The van der Waals surface area contributed by atoms with E-state index in [-0.39, 0.29) is 25.4 Å². The van der Waals surface area contributed by atoms with E-state index in [0.29, 0.717) is 11.1 Å². The van der Waals surface area contributed by atoms with Crippen molar-refractivity contribution in [2.75, 3.05) is 19.7 Å². The minimum atomic E-state index is -0.822. The van der Waals surface area contributed by atoms with Gasteiger partial charge in [0.25, 0.3) is 5.91 Å². The molecule has 31 heavy (non-hydrogen) atoms. The normalized spacial score (nSPS) is 15.9. The van der Waals surface area contributed by atoms with E-state index in [1.807, 2.05) is 0 Å². The molecule has 4 rings (SSSR count). The summed E-state index contributed by atoms with van der Waals surface area (Å²) in [6.45, 7) is -0.343. The Labute approximate surface area is 175 Å². The Bertz CT molecular complexity index is 1150. The molecule has 1 aliphatic heterocycles. The molecule has 1 amide bonds. The summed E-state index contributed by atoms with van der Waals surface area (Å²) in [6.07, 6.45) is 0.898. The first-order chi connectivity index (χ1) is 14.9. The monoisotopic (exact) mass is 427 g/mol. The van der Waals surface area contributed by atoms with Crippen LogP contribution in [-0.2, 0) is 0 Å². The summed E-state index contributed by atoms with van der Waals surface area (Å²) in [4.78, 5) is 26.1. The van der Waals surface area contributed by atoms with E-state index in [9.17, 15) is 28.6 Å². The highest BCUT2D eigenvalue weighted by Crippen LogP contribution is 2.39. The number of fused-ring (bicyclic) bond motifs is 1. The summed E-state index contributed by atoms with van der Waals surface area (Å²) in [6, 6.07) is 10.9. The summed E-state index contributed by atoms with van der Waals surface area (Å²) >= 11 is 0. The van der Waals surface area contributed by atoms with Crippen LogP contribution in [0.5, 0.6) is 5.75 Å². The van der Waals surface area contributed by atoms with E-state index in [0.717, 1.165) is 6.20 Å². The molecule has 2 heterocycles. The number of carbonyl (C=O) groups is 1. The number of aromatic hydroxyl groups is 1. The van der Waals surface area contributed by atoms with Gasteiger partial charge >= 0.3 is 0 Å². The highest BCUT2D eigenvalue weighted by molar-refractivity contribution is 5.95. The zero-order valence-electron chi connectivity index (χ0n) is 16.3. The number of halogens is 2. The Morgan fingerprint density at radius 1 is 1.06 bits per heavy atom. The van der Waals surface area contributed by atoms with Gasteiger partial charge in [-0.25, -0.2) is 8.78 Å². The Balaban J connectivity index is 1.96. The molecule has 2 aromatic carbocycles. The molecule has 9 heteroatoms. The molecule has 0 saturated heterocycles. The van der Waals surface area contributed by atoms with Crippen molar-refractivity contribution in [1.29, 1.82) is 0 Å². The van der Waals surface area contributed by atoms with Crippen LogP contribution < -0.4 is 5.43 Å². The van der Waals surface area contributed by atoms with Crippen LogP contribution in [0.1, 0.15) is 33.6 Å². The van der Waals surface area contributed by atoms with Crippen molar-refractivity contribution in [3.05, 3.63) is 93.4 Å². The second kappa shape index (κ2) is 8.27. The summed E-state index contributed by atoms with van der Waals surface area (Å²) in [5.74, 6) is -3.08. The fraction of sp³-hybridized carbons (Fsp3) is 0.227. The standard InChI is InChI=1S/C22H19F2N3O4/c23-15-5-1-3-13(9-15)19(14-4-2-6-16(24)10-14)17-12-26(7-8-28)22(31)20-21(30)18(29)11-25-27(17)20/h1-6,9-11,17,19,28,30H,7-8,12H2. The van der Waals surface area contributed by atoms with E-state index >= 15 is 0 Å². The number of nitrogens with zero attached hydrogens (tertiary/aromatic N) is 3. The number of hydrogen-bond acceptors (Lipinski definition) is 5. The average Bonchev–Trinajstić information content (AvgIpc) is 2.74. The molecule has 1 aromatic heterocycles. The molecule has 2 N–H and O–H groups in total. The van der Waals surface area contributed by atoms with Crippen LogP contribution in [0.15, 0.2) is 59.5 Å². The van der Waals surface area contributed by atoms with Crippen molar-refractivity contribution in [1.82, 2.24) is 14.7 Å².